The van der Waals surface area contributed by atoms with Crippen molar-refractivity contribution in [3.05, 3.63) is 69.1 Å². The van der Waals surface area contributed by atoms with Gasteiger partial charge in [0, 0.05) is 31.7 Å². The number of azo groups is 1. The highest BCUT2D eigenvalue weighted by Gasteiger charge is 2.34. The second-order valence-corrected chi connectivity index (χ2v) is 10.1. The number of carbonyl (C=O) groups is 4. The molecule has 0 saturated carbocycles. The van der Waals surface area contributed by atoms with E-state index in [0.29, 0.717) is 48.3 Å². The first-order valence-corrected chi connectivity index (χ1v) is 13.8. The molecule has 40 heavy (non-hydrogen) atoms. The van der Waals surface area contributed by atoms with Crippen molar-refractivity contribution in [3.8, 4) is 6.07 Å². The van der Waals surface area contributed by atoms with E-state index < -0.39 is 0 Å². The first-order chi connectivity index (χ1) is 19.3. The molecule has 2 heterocycles. The lowest BCUT2D eigenvalue weighted by Gasteiger charge is -2.25. The summed E-state index contributed by atoms with van der Waals surface area (Å²) in [6.45, 7) is 5.18. The van der Waals surface area contributed by atoms with Crippen LogP contribution in [-0.4, -0.2) is 48.5 Å². The van der Waals surface area contributed by atoms with Crippen molar-refractivity contribution in [2.45, 2.75) is 26.7 Å². The van der Waals surface area contributed by atoms with E-state index in [1.54, 1.807) is 43.3 Å². The van der Waals surface area contributed by atoms with Gasteiger partial charge in [0.05, 0.1) is 26.7 Å². The Morgan fingerprint density at radius 2 is 1.85 bits per heavy atom. The van der Waals surface area contributed by atoms with E-state index in [4.69, 9.17) is 11.6 Å². The van der Waals surface area contributed by atoms with Gasteiger partial charge in [0.15, 0.2) is 11.3 Å². The van der Waals surface area contributed by atoms with Crippen LogP contribution in [0.15, 0.2) is 52.7 Å². The van der Waals surface area contributed by atoms with Crippen LogP contribution in [0.1, 0.15) is 62.6 Å². The Balaban J connectivity index is 1.52. The molecule has 0 saturated heterocycles. The van der Waals surface area contributed by atoms with Gasteiger partial charge < -0.3 is 10.2 Å². The summed E-state index contributed by atoms with van der Waals surface area (Å²) in [5, 5.41) is 20.8. The van der Waals surface area contributed by atoms with E-state index in [-0.39, 0.29) is 51.2 Å². The molecule has 0 fully saturated rings. The molecule has 0 aliphatic carbocycles. The number of benzene rings is 2. The molecule has 0 unspecified atom stereocenters. The Kier molecular flexibility index (Phi) is 9.04. The fourth-order valence-corrected chi connectivity index (χ4v) is 5.37. The molecular weight excluding hydrogens is 552 g/mol. The van der Waals surface area contributed by atoms with Gasteiger partial charge in [-0.2, -0.15) is 5.26 Å². The number of anilines is 2. The zero-order valence-corrected chi connectivity index (χ0v) is 23.4. The van der Waals surface area contributed by atoms with Crippen LogP contribution in [-0.2, 0) is 4.79 Å². The minimum absolute atomic E-state index is 0.0334. The van der Waals surface area contributed by atoms with E-state index in [9.17, 15) is 24.4 Å². The summed E-state index contributed by atoms with van der Waals surface area (Å²) >= 11 is 7.03. The number of amides is 3. The molecule has 4 rings (SSSR count). The van der Waals surface area contributed by atoms with Crippen molar-refractivity contribution in [1.82, 2.24) is 4.90 Å². The van der Waals surface area contributed by atoms with Crippen LogP contribution in [0.4, 0.5) is 22.1 Å². The second-order valence-electron chi connectivity index (χ2n) is 8.73. The van der Waals surface area contributed by atoms with Gasteiger partial charge in [-0.15, -0.1) is 21.6 Å². The van der Waals surface area contributed by atoms with E-state index in [0.717, 1.165) is 17.0 Å². The van der Waals surface area contributed by atoms with Gasteiger partial charge in [-0.3, -0.25) is 24.1 Å². The van der Waals surface area contributed by atoms with Gasteiger partial charge in [0.2, 0.25) is 5.91 Å². The van der Waals surface area contributed by atoms with E-state index in [1.165, 1.54) is 4.90 Å². The maximum Gasteiger partial charge on any atom is 0.261 e. The number of nitrogens with zero attached hydrogens (tertiary/aromatic N) is 5. The quantitative estimate of drug-likeness (QED) is 0.160. The molecule has 0 bridgehead atoms. The van der Waals surface area contributed by atoms with E-state index in [2.05, 4.69) is 20.4 Å². The number of hydrogen-bond acceptors (Lipinski definition) is 9. The lowest BCUT2D eigenvalue weighted by atomic mass is 10.1. The number of fused-ring (bicyclic) bond motifs is 1. The first-order valence-electron chi connectivity index (χ1n) is 12.6. The normalized spacial score (nSPS) is 12.5. The third-order valence-electron chi connectivity index (χ3n) is 6.33. The minimum atomic E-state index is -0.283. The maximum absolute atomic E-state index is 12.7. The molecule has 12 heteroatoms. The molecule has 1 aliphatic rings. The van der Waals surface area contributed by atoms with Crippen LogP contribution in [0, 0.1) is 11.3 Å². The Morgan fingerprint density at radius 1 is 1.15 bits per heavy atom. The highest BCUT2D eigenvalue weighted by atomic mass is 35.5. The molecule has 1 N–H and O–H groups in total. The zero-order valence-electron chi connectivity index (χ0n) is 21.8. The van der Waals surface area contributed by atoms with Crippen molar-refractivity contribution in [2.75, 3.05) is 29.9 Å². The number of nitriles is 1. The van der Waals surface area contributed by atoms with Crippen molar-refractivity contribution in [3.63, 3.8) is 0 Å². The number of aldehydes is 1. The Morgan fingerprint density at radius 3 is 2.45 bits per heavy atom. The number of hydrogen-bond donors (Lipinski definition) is 1. The third-order valence-corrected chi connectivity index (χ3v) is 7.84. The van der Waals surface area contributed by atoms with Crippen molar-refractivity contribution >= 4 is 69.0 Å². The average Bonchev–Trinajstić information content (AvgIpc) is 3.41. The maximum atomic E-state index is 12.7. The molecule has 204 valence electrons. The highest BCUT2D eigenvalue weighted by Crippen LogP contribution is 2.39. The Hall–Kier alpha value is -4.40. The lowest BCUT2D eigenvalue weighted by Crippen LogP contribution is -2.33. The smallest absolute Gasteiger partial charge is 0.261 e. The molecule has 0 spiro atoms. The number of carbonyl (C=O) groups excluding carboxylic acids is 4. The van der Waals surface area contributed by atoms with Gasteiger partial charge in [0.25, 0.3) is 11.8 Å². The SMILES string of the molecule is CCC(=O)Nc1cc(N(CC)CCCN2C(=O)c3ccccc3C2=O)ccc1/N=N/c1sc(C=O)c(Cl)c1C#N. The fraction of sp³-hybridized carbons (Fsp3) is 0.250. The van der Waals surface area contributed by atoms with Gasteiger partial charge in [-0.1, -0.05) is 30.7 Å². The number of imide groups is 1. The van der Waals surface area contributed by atoms with Gasteiger partial charge in [-0.05, 0) is 43.7 Å². The molecule has 1 aromatic heterocycles. The van der Waals surface area contributed by atoms with Crippen molar-refractivity contribution in [2.24, 2.45) is 10.2 Å². The summed E-state index contributed by atoms with van der Waals surface area (Å²) in [4.78, 5) is 52.3. The molecule has 3 aromatic rings. The molecule has 3 amide bonds. The number of rotatable bonds is 11. The average molecular weight is 577 g/mol. The second kappa shape index (κ2) is 12.6. The predicted octanol–water partition coefficient (Wildman–Crippen LogP) is 6.36. The molecule has 0 radical (unpaired) electrons. The highest BCUT2D eigenvalue weighted by molar-refractivity contribution is 7.18. The van der Waals surface area contributed by atoms with Gasteiger partial charge >= 0.3 is 0 Å². The summed E-state index contributed by atoms with van der Waals surface area (Å²) in [6.07, 6.45) is 1.36. The Labute approximate surface area is 239 Å². The fourth-order valence-electron chi connectivity index (χ4n) is 4.24. The first kappa shape index (κ1) is 28.6. The van der Waals surface area contributed by atoms with Gasteiger partial charge in [0.1, 0.15) is 17.3 Å². The standard InChI is InChI=1S/C28H25ClN6O4S/c1-3-24(37)31-22-14-17(10-11-21(22)32-33-26-20(15-30)25(29)23(16-36)40-26)34(4-2)12-7-13-35-27(38)18-8-5-6-9-19(18)28(35)39/h5-6,8-11,14,16H,3-4,7,12-13H2,1-2H3,(H,31,37)/b33-32+. The predicted molar refractivity (Wildman–Crippen MR) is 153 cm³/mol. The van der Waals surface area contributed by atoms with Crippen molar-refractivity contribution in [1.29, 1.82) is 5.26 Å². The van der Waals surface area contributed by atoms with E-state index in [1.807, 2.05) is 19.1 Å². The summed E-state index contributed by atoms with van der Waals surface area (Å²) < 4.78 is 0. The van der Waals surface area contributed by atoms with Crippen LogP contribution in [0.25, 0.3) is 0 Å². The molecule has 0 atom stereocenters. The van der Waals surface area contributed by atoms with Crippen LogP contribution in [0.5, 0.6) is 0 Å². The lowest BCUT2D eigenvalue weighted by molar-refractivity contribution is -0.115. The molecular formula is C28H25ClN6O4S. The topological polar surface area (TPSA) is 135 Å². The van der Waals surface area contributed by atoms with Crippen LogP contribution in [0.2, 0.25) is 5.02 Å². The largest absolute Gasteiger partial charge is 0.372 e. The van der Waals surface area contributed by atoms with Crippen LogP contribution < -0.4 is 10.2 Å². The third kappa shape index (κ3) is 5.78. The monoisotopic (exact) mass is 576 g/mol. The van der Waals surface area contributed by atoms with Crippen molar-refractivity contribution < 1.29 is 19.2 Å². The number of thiophene rings is 1. The zero-order chi connectivity index (χ0) is 28.8. The van der Waals surface area contributed by atoms with Crippen LogP contribution in [0.3, 0.4) is 0 Å². The summed E-state index contributed by atoms with van der Waals surface area (Å²) in [7, 11) is 0. The van der Waals surface area contributed by atoms with E-state index >= 15 is 0 Å². The summed E-state index contributed by atoms with van der Waals surface area (Å²) in [6, 6.07) is 14.0. The summed E-state index contributed by atoms with van der Waals surface area (Å²) in [5.74, 6) is -0.785. The summed E-state index contributed by atoms with van der Waals surface area (Å²) in [5.41, 5.74) is 2.49. The number of nitrogens with one attached hydrogen (secondary N) is 1. The Bertz CT molecular complexity index is 1530. The van der Waals surface area contributed by atoms with Crippen LogP contribution >= 0.6 is 22.9 Å². The number of halogens is 1. The minimum Gasteiger partial charge on any atom is -0.372 e. The molecule has 2 aromatic carbocycles. The van der Waals surface area contributed by atoms with Gasteiger partial charge in [-0.25, -0.2) is 0 Å². The molecule has 1 aliphatic heterocycles. The molecule has 10 nitrogen and oxygen atoms in total.